The maximum atomic E-state index is 10.6. The van der Waals surface area contributed by atoms with Crippen LogP contribution in [0.15, 0.2) is 5.16 Å². The van der Waals surface area contributed by atoms with Gasteiger partial charge >= 0.3 is 5.97 Å². The SMILES string of the molecule is CCCn1c(SCC(=O)O)nnc1C1CCOC1. The second-order valence-corrected chi connectivity index (χ2v) is 5.18. The number of carboxylic acid groups (broad SMARTS) is 1. The van der Waals surface area contributed by atoms with E-state index in [1.54, 1.807) is 0 Å². The molecule has 1 aromatic heterocycles. The van der Waals surface area contributed by atoms with E-state index in [2.05, 4.69) is 17.1 Å². The van der Waals surface area contributed by atoms with Crippen LogP contribution in [0, 0.1) is 0 Å². The Hall–Kier alpha value is -1.08. The molecule has 0 radical (unpaired) electrons. The molecule has 1 N–H and O–H groups in total. The third-order valence-corrected chi connectivity index (χ3v) is 3.76. The number of hydrogen-bond acceptors (Lipinski definition) is 5. The summed E-state index contributed by atoms with van der Waals surface area (Å²) < 4.78 is 7.40. The predicted molar refractivity (Wildman–Crippen MR) is 66.8 cm³/mol. The highest BCUT2D eigenvalue weighted by Crippen LogP contribution is 2.27. The van der Waals surface area contributed by atoms with Gasteiger partial charge in [-0.15, -0.1) is 10.2 Å². The van der Waals surface area contributed by atoms with Crippen molar-refractivity contribution < 1.29 is 14.6 Å². The summed E-state index contributed by atoms with van der Waals surface area (Å²) in [6.45, 7) is 4.36. The predicted octanol–water partition coefficient (Wildman–Crippen LogP) is 1.37. The minimum atomic E-state index is -0.836. The van der Waals surface area contributed by atoms with Crippen LogP contribution >= 0.6 is 11.8 Å². The molecule has 7 heteroatoms. The molecular weight excluding hydrogens is 254 g/mol. The summed E-state index contributed by atoms with van der Waals surface area (Å²) in [4.78, 5) is 10.6. The van der Waals surface area contributed by atoms with Crippen molar-refractivity contribution >= 4 is 17.7 Å². The van der Waals surface area contributed by atoms with E-state index in [9.17, 15) is 4.79 Å². The first-order valence-electron chi connectivity index (χ1n) is 6.07. The molecule has 1 saturated heterocycles. The van der Waals surface area contributed by atoms with Gasteiger partial charge in [-0.1, -0.05) is 18.7 Å². The largest absolute Gasteiger partial charge is 0.481 e. The molecule has 1 aromatic rings. The van der Waals surface area contributed by atoms with Gasteiger partial charge in [0.2, 0.25) is 0 Å². The number of rotatable bonds is 6. The van der Waals surface area contributed by atoms with Gasteiger partial charge in [0.15, 0.2) is 5.16 Å². The van der Waals surface area contributed by atoms with Crippen LogP contribution in [0.4, 0.5) is 0 Å². The van der Waals surface area contributed by atoms with Crippen molar-refractivity contribution in [2.45, 2.75) is 37.4 Å². The standard InChI is InChI=1S/C11H17N3O3S/c1-2-4-14-10(8-3-5-17-6-8)12-13-11(14)18-7-9(15)16/h8H,2-7H2,1H3,(H,15,16). The Morgan fingerprint density at radius 3 is 3.06 bits per heavy atom. The summed E-state index contributed by atoms with van der Waals surface area (Å²) in [6, 6.07) is 0. The van der Waals surface area contributed by atoms with Crippen molar-refractivity contribution in [2.75, 3.05) is 19.0 Å². The fraction of sp³-hybridized carbons (Fsp3) is 0.727. The Bertz CT molecular complexity index is 416. The lowest BCUT2D eigenvalue weighted by Crippen LogP contribution is -2.11. The van der Waals surface area contributed by atoms with Gasteiger partial charge in [0.1, 0.15) is 5.82 Å². The van der Waals surface area contributed by atoms with Gasteiger partial charge in [0.05, 0.1) is 12.4 Å². The monoisotopic (exact) mass is 271 g/mol. The molecule has 0 aromatic carbocycles. The van der Waals surface area contributed by atoms with E-state index in [4.69, 9.17) is 9.84 Å². The Kier molecular flexibility index (Phi) is 4.60. The molecule has 0 bridgehead atoms. The van der Waals surface area contributed by atoms with Crippen LogP contribution in [0.2, 0.25) is 0 Å². The molecule has 1 fully saturated rings. The van der Waals surface area contributed by atoms with Gasteiger partial charge < -0.3 is 14.4 Å². The lowest BCUT2D eigenvalue weighted by Gasteiger charge is -2.11. The van der Waals surface area contributed by atoms with Crippen LogP contribution in [0.25, 0.3) is 0 Å². The normalized spacial score (nSPS) is 19.3. The summed E-state index contributed by atoms with van der Waals surface area (Å²) in [5, 5.41) is 17.7. The summed E-state index contributed by atoms with van der Waals surface area (Å²) in [7, 11) is 0. The van der Waals surface area contributed by atoms with Crippen molar-refractivity contribution in [3.8, 4) is 0 Å². The third-order valence-electron chi connectivity index (χ3n) is 2.81. The summed E-state index contributed by atoms with van der Waals surface area (Å²) in [5.41, 5.74) is 0. The van der Waals surface area contributed by atoms with Crippen LogP contribution in [-0.4, -0.2) is 44.8 Å². The molecule has 2 heterocycles. The zero-order valence-electron chi connectivity index (χ0n) is 10.3. The topological polar surface area (TPSA) is 77.2 Å². The van der Waals surface area contributed by atoms with Crippen molar-refractivity contribution in [3.63, 3.8) is 0 Å². The maximum absolute atomic E-state index is 10.6. The second-order valence-electron chi connectivity index (χ2n) is 4.24. The number of carbonyl (C=O) groups is 1. The lowest BCUT2D eigenvalue weighted by molar-refractivity contribution is -0.133. The first-order valence-corrected chi connectivity index (χ1v) is 7.06. The Balaban J connectivity index is 2.16. The summed E-state index contributed by atoms with van der Waals surface area (Å²) in [5.74, 6) is 0.408. The molecule has 1 unspecified atom stereocenters. The molecule has 0 spiro atoms. The highest BCUT2D eigenvalue weighted by molar-refractivity contribution is 7.99. The van der Waals surface area contributed by atoms with Gasteiger partial charge in [-0.25, -0.2) is 0 Å². The van der Waals surface area contributed by atoms with E-state index in [0.717, 1.165) is 31.8 Å². The zero-order chi connectivity index (χ0) is 13.0. The quantitative estimate of drug-likeness (QED) is 0.787. The molecule has 0 amide bonds. The zero-order valence-corrected chi connectivity index (χ0v) is 11.2. The number of ether oxygens (including phenoxy) is 1. The van der Waals surface area contributed by atoms with Gasteiger partial charge in [0.25, 0.3) is 0 Å². The molecule has 1 aliphatic rings. The maximum Gasteiger partial charge on any atom is 0.313 e. The fourth-order valence-corrected chi connectivity index (χ4v) is 2.70. The number of hydrogen-bond donors (Lipinski definition) is 1. The Morgan fingerprint density at radius 1 is 1.61 bits per heavy atom. The fourth-order valence-electron chi connectivity index (χ4n) is 2.01. The van der Waals surface area contributed by atoms with Crippen molar-refractivity contribution in [1.82, 2.24) is 14.8 Å². The third kappa shape index (κ3) is 3.02. The molecule has 18 heavy (non-hydrogen) atoms. The number of nitrogens with zero attached hydrogens (tertiary/aromatic N) is 3. The van der Waals surface area contributed by atoms with E-state index in [-0.39, 0.29) is 5.75 Å². The van der Waals surface area contributed by atoms with E-state index in [1.807, 2.05) is 4.57 Å². The second kappa shape index (κ2) is 6.19. The molecule has 100 valence electrons. The molecule has 1 aliphatic heterocycles. The Labute approximate surface area is 110 Å². The molecule has 0 aliphatic carbocycles. The van der Waals surface area contributed by atoms with Crippen LogP contribution in [0.5, 0.6) is 0 Å². The van der Waals surface area contributed by atoms with Crippen LogP contribution < -0.4 is 0 Å². The van der Waals surface area contributed by atoms with E-state index >= 15 is 0 Å². The minimum Gasteiger partial charge on any atom is -0.481 e. The average molecular weight is 271 g/mol. The minimum absolute atomic E-state index is 0.0169. The highest BCUT2D eigenvalue weighted by Gasteiger charge is 2.25. The number of aliphatic carboxylic acids is 1. The summed E-state index contributed by atoms with van der Waals surface area (Å²) in [6.07, 6.45) is 1.94. The van der Waals surface area contributed by atoms with Gasteiger partial charge in [-0.05, 0) is 12.8 Å². The van der Waals surface area contributed by atoms with Gasteiger partial charge in [-0.2, -0.15) is 0 Å². The number of carboxylic acids is 1. The molecular formula is C11H17N3O3S. The van der Waals surface area contributed by atoms with Gasteiger partial charge in [-0.3, -0.25) is 4.79 Å². The van der Waals surface area contributed by atoms with Crippen molar-refractivity contribution in [2.24, 2.45) is 0 Å². The van der Waals surface area contributed by atoms with Crippen LogP contribution in [0.1, 0.15) is 31.5 Å². The lowest BCUT2D eigenvalue weighted by atomic mass is 10.1. The van der Waals surface area contributed by atoms with Crippen molar-refractivity contribution in [1.29, 1.82) is 0 Å². The smallest absolute Gasteiger partial charge is 0.313 e. The molecule has 2 rings (SSSR count). The first-order chi connectivity index (χ1) is 8.72. The van der Waals surface area contributed by atoms with Crippen molar-refractivity contribution in [3.05, 3.63) is 5.82 Å². The highest BCUT2D eigenvalue weighted by atomic mass is 32.2. The van der Waals surface area contributed by atoms with E-state index in [1.165, 1.54) is 11.8 Å². The molecule has 0 saturated carbocycles. The van der Waals surface area contributed by atoms with E-state index in [0.29, 0.717) is 17.7 Å². The summed E-state index contributed by atoms with van der Waals surface area (Å²) >= 11 is 1.22. The van der Waals surface area contributed by atoms with E-state index < -0.39 is 5.97 Å². The Morgan fingerprint density at radius 2 is 2.44 bits per heavy atom. The van der Waals surface area contributed by atoms with Crippen LogP contribution in [0.3, 0.4) is 0 Å². The van der Waals surface area contributed by atoms with Gasteiger partial charge in [0, 0.05) is 19.1 Å². The number of aromatic nitrogens is 3. The first kappa shape index (κ1) is 13.4. The molecule has 6 nitrogen and oxygen atoms in total. The van der Waals surface area contributed by atoms with Crippen LogP contribution in [-0.2, 0) is 16.1 Å². The average Bonchev–Trinajstić information content (AvgIpc) is 2.95. The number of thioether (sulfide) groups is 1. The molecule has 1 atom stereocenters.